The van der Waals surface area contributed by atoms with Crippen LogP contribution >= 0.6 is 0 Å². The summed E-state index contributed by atoms with van der Waals surface area (Å²) in [5.41, 5.74) is -0.105. The van der Waals surface area contributed by atoms with Crippen molar-refractivity contribution in [2.75, 3.05) is 19.8 Å². The summed E-state index contributed by atoms with van der Waals surface area (Å²) in [5, 5.41) is 12.3. The lowest BCUT2D eigenvalue weighted by molar-refractivity contribution is -0.232. The van der Waals surface area contributed by atoms with E-state index in [1.807, 2.05) is 13.8 Å². The van der Waals surface area contributed by atoms with Gasteiger partial charge in [0.2, 0.25) is 5.91 Å². The molecule has 0 aromatic heterocycles. The SMILES string of the molecule is CC(C)C(=O)NCC12CC(CO)(CCO1)C2. The number of rotatable bonds is 4. The maximum atomic E-state index is 11.5. The molecule has 1 amide bonds. The number of hydrogen-bond acceptors (Lipinski definition) is 3. The van der Waals surface area contributed by atoms with Crippen LogP contribution in [0.25, 0.3) is 0 Å². The molecule has 2 saturated heterocycles. The van der Waals surface area contributed by atoms with Gasteiger partial charge in [-0.25, -0.2) is 0 Å². The van der Waals surface area contributed by atoms with Gasteiger partial charge in [-0.3, -0.25) is 4.79 Å². The van der Waals surface area contributed by atoms with Crippen LogP contribution < -0.4 is 5.32 Å². The first-order chi connectivity index (χ1) is 7.51. The molecule has 2 bridgehead atoms. The predicted molar refractivity (Wildman–Crippen MR) is 59.9 cm³/mol. The third kappa shape index (κ3) is 1.96. The van der Waals surface area contributed by atoms with Crippen molar-refractivity contribution in [3.05, 3.63) is 0 Å². The molecule has 2 aliphatic heterocycles. The molecular weight excluding hydrogens is 206 g/mol. The second-order valence-corrected chi connectivity index (χ2v) is 5.67. The summed E-state index contributed by atoms with van der Waals surface area (Å²) in [7, 11) is 0. The van der Waals surface area contributed by atoms with Crippen molar-refractivity contribution in [2.24, 2.45) is 11.3 Å². The Morgan fingerprint density at radius 2 is 2.19 bits per heavy atom. The van der Waals surface area contributed by atoms with Crippen LogP contribution in [-0.4, -0.2) is 36.4 Å². The first-order valence-corrected chi connectivity index (χ1v) is 6.03. The third-order valence-corrected chi connectivity index (χ3v) is 3.88. The highest BCUT2D eigenvalue weighted by atomic mass is 16.5. The first kappa shape index (κ1) is 11.9. The summed E-state index contributed by atoms with van der Waals surface area (Å²) in [6.45, 7) is 5.31. The molecule has 0 aromatic carbocycles. The number of nitrogens with one attached hydrogen (secondary N) is 1. The number of aliphatic hydroxyl groups excluding tert-OH is 1. The summed E-state index contributed by atoms with van der Waals surface area (Å²) >= 11 is 0. The van der Waals surface area contributed by atoms with Gasteiger partial charge in [0.25, 0.3) is 0 Å². The molecule has 3 aliphatic rings. The van der Waals surface area contributed by atoms with Gasteiger partial charge in [0.1, 0.15) is 0 Å². The normalized spacial score (nSPS) is 37.0. The molecule has 0 atom stereocenters. The summed E-state index contributed by atoms with van der Waals surface area (Å²) in [5.74, 6) is 0.0905. The molecule has 3 rings (SSSR count). The van der Waals surface area contributed by atoms with Crippen molar-refractivity contribution in [2.45, 2.75) is 38.7 Å². The van der Waals surface area contributed by atoms with Crippen LogP contribution in [0.4, 0.5) is 0 Å². The average Bonchev–Trinajstić information content (AvgIpc) is 2.25. The van der Waals surface area contributed by atoms with Gasteiger partial charge in [0, 0.05) is 31.1 Å². The van der Waals surface area contributed by atoms with Gasteiger partial charge in [-0.05, 0) is 19.3 Å². The zero-order valence-corrected chi connectivity index (χ0v) is 10.1. The molecule has 0 radical (unpaired) electrons. The smallest absolute Gasteiger partial charge is 0.222 e. The fourth-order valence-corrected chi connectivity index (χ4v) is 2.90. The summed E-state index contributed by atoms with van der Waals surface area (Å²) in [6, 6.07) is 0. The third-order valence-electron chi connectivity index (χ3n) is 3.88. The number of carbonyl (C=O) groups excluding carboxylic acids is 1. The monoisotopic (exact) mass is 227 g/mol. The van der Waals surface area contributed by atoms with Gasteiger partial charge in [-0.15, -0.1) is 0 Å². The van der Waals surface area contributed by atoms with Crippen LogP contribution in [0, 0.1) is 11.3 Å². The average molecular weight is 227 g/mol. The lowest BCUT2D eigenvalue weighted by Gasteiger charge is -2.59. The number of fused-ring (bicyclic) bond motifs is 2. The molecule has 1 saturated carbocycles. The Morgan fingerprint density at radius 1 is 1.50 bits per heavy atom. The topological polar surface area (TPSA) is 58.6 Å². The van der Waals surface area contributed by atoms with Gasteiger partial charge in [-0.1, -0.05) is 13.8 Å². The quantitative estimate of drug-likeness (QED) is 0.743. The van der Waals surface area contributed by atoms with Crippen LogP contribution in [0.2, 0.25) is 0 Å². The van der Waals surface area contributed by atoms with Gasteiger partial charge in [-0.2, -0.15) is 0 Å². The van der Waals surface area contributed by atoms with Crippen molar-refractivity contribution >= 4 is 5.91 Å². The lowest BCUT2D eigenvalue weighted by atomic mass is 9.56. The number of hydrogen-bond donors (Lipinski definition) is 2. The molecule has 4 heteroatoms. The Bertz CT molecular complexity index is 282. The van der Waals surface area contributed by atoms with E-state index in [4.69, 9.17) is 4.74 Å². The van der Waals surface area contributed by atoms with E-state index < -0.39 is 0 Å². The van der Waals surface area contributed by atoms with Gasteiger partial charge in [0.15, 0.2) is 0 Å². The van der Waals surface area contributed by atoms with Crippen molar-refractivity contribution in [3.8, 4) is 0 Å². The Kier molecular flexibility index (Phi) is 2.97. The Labute approximate surface area is 96.4 Å². The zero-order chi connectivity index (χ0) is 11.8. The second-order valence-electron chi connectivity index (χ2n) is 5.67. The molecule has 0 unspecified atom stereocenters. The first-order valence-electron chi connectivity index (χ1n) is 6.03. The van der Waals surface area contributed by atoms with E-state index in [0.717, 1.165) is 19.3 Å². The summed E-state index contributed by atoms with van der Waals surface area (Å²) in [6.07, 6.45) is 2.72. The van der Waals surface area contributed by atoms with E-state index in [2.05, 4.69) is 5.32 Å². The maximum Gasteiger partial charge on any atom is 0.222 e. The molecule has 3 fully saturated rings. The fraction of sp³-hybridized carbons (Fsp3) is 0.917. The Balaban J connectivity index is 1.85. The van der Waals surface area contributed by atoms with Gasteiger partial charge < -0.3 is 15.2 Å². The largest absolute Gasteiger partial charge is 0.396 e. The van der Waals surface area contributed by atoms with E-state index >= 15 is 0 Å². The van der Waals surface area contributed by atoms with Crippen LogP contribution in [0.1, 0.15) is 33.1 Å². The van der Waals surface area contributed by atoms with Crippen LogP contribution in [0.15, 0.2) is 0 Å². The second kappa shape index (κ2) is 4.00. The summed E-state index contributed by atoms with van der Waals surface area (Å²) < 4.78 is 5.76. The van der Waals surface area contributed by atoms with Crippen molar-refractivity contribution < 1.29 is 14.6 Å². The lowest BCUT2D eigenvalue weighted by Crippen LogP contribution is -2.64. The van der Waals surface area contributed by atoms with E-state index in [0.29, 0.717) is 13.2 Å². The number of aliphatic hydroxyl groups is 1. The van der Waals surface area contributed by atoms with Crippen molar-refractivity contribution in [1.29, 1.82) is 0 Å². The van der Waals surface area contributed by atoms with E-state index in [1.54, 1.807) is 0 Å². The molecular formula is C12H21NO3. The van der Waals surface area contributed by atoms with E-state index in [9.17, 15) is 9.90 Å². The van der Waals surface area contributed by atoms with E-state index in [1.165, 1.54) is 0 Å². The molecule has 92 valence electrons. The van der Waals surface area contributed by atoms with Crippen LogP contribution in [-0.2, 0) is 9.53 Å². The number of carbonyl (C=O) groups is 1. The zero-order valence-electron chi connectivity index (χ0n) is 10.1. The molecule has 0 aromatic rings. The molecule has 16 heavy (non-hydrogen) atoms. The molecule has 0 spiro atoms. The highest BCUT2D eigenvalue weighted by Gasteiger charge is 2.58. The minimum atomic E-state index is -0.189. The van der Waals surface area contributed by atoms with Crippen LogP contribution in [0.5, 0.6) is 0 Å². The molecule has 4 nitrogen and oxygen atoms in total. The van der Waals surface area contributed by atoms with Crippen molar-refractivity contribution in [3.63, 3.8) is 0 Å². The fourth-order valence-electron chi connectivity index (χ4n) is 2.90. The highest BCUT2D eigenvalue weighted by molar-refractivity contribution is 5.77. The van der Waals surface area contributed by atoms with Gasteiger partial charge in [0.05, 0.1) is 5.60 Å². The minimum Gasteiger partial charge on any atom is -0.396 e. The summed E-state index contributed by atoms with van der Waals surface area (Å²) in [4.78, 5) is 11.5. The standard InChI is InChI=1S/C12H21NO3/c1-9(2)10(15)13-7-12-5-11(6-12,8-14)3-4-16-12/h9,14H,3-8H2,1-2H3,(H,13,15). The van der Waals surface area contributed by atoms with Gasteiger partial charge >= 0.3 is 0 Å². The minimum absolute atomic E-state index is 0.0164. The Morgan fingerprint density at radius 3 is 2.75 bits per heavy atom. The number of amides is 1. The van der Waals surface area contributed by atoms with Crippen molar-refractivity contribution in [1.82, 2.24) is 5.32 Å². The van der Waals surface area contributed by atoms with E-state index in [-0.39, 0.29) is 29.4 Å². The maximum absolute atomic E-state index is 11.5. The molecule has 2 N–H and O–H groups in total. The van der Waals surface area contributed by atoms with Crippen LogP contribution in [0.3, 0.4) is 0 Å². The number of ether oxygens (including phenoxy) is 1. The molecule has 2 heterocycles. The Hall–Kier alpha value is -0.610. The molecule has 1 aliphatic carbocycles. The predicted octanol–water partition coefficient (Wildman–Crippen LogP) is 0.690. The highest BCUT2D eigenvalue weighted by Crippen LogP contribution is 2.55.